The molecule has 0 aromatic heterocycles. The lowest BCUT2D eigenvalue weighted by Crippen LogP contribution is -2.01. The van der Waals surface area contributed by atoms with Crippen LogP contribution in [0.3, 0.4) is 0 Å². The molecule has 2 aromatic carbocycles. The highest BCUT2D eigenvalue weighted by Gasteiger charge is 2.04. The molecule has 0 atom stereocenters. The molecular weight excluding hydrogens is 384 g/mol. The third-order valence-corrected chi connectivity index (χ3v) is 3.96. The first kappa shape index (κ1) is 13.8. The third kappa shape index (κ3) is 3.46. The van der Waals surface area contributed by atoms with Crippen LogP contribution in [0.4, 0.5) is 10.1 Å². The Hall–Kier alpha value is -0.580. The average molecular weight is 393 g/mol. The Balaban J connectivity index is 2.11. The van der Waals surface area contributed by atoms with Crippen molar-refractivity contribution in [1.29, 1.82) is 0 Å². The maximum Gasteiger partial charge on any atom is 0.124 e. The Bertz CT molecular complexity index is 523. The Morgan fingerprint density at radius 2 is 1.89 bits per heavy atom. The molecule has 1 N–H and O–H groups in total. The summed E-state index contributed by atoms with van der Waals surface area (Å²) in [7, 11) is 0. The van der Waals surface area contributed by atoms with Gasteiger partial charge in [0, 0.05) is 15.5 Å². The molecular formula is C13H9Br2ClFN. The lowest BCUT2D eigenvalue weighted by Gasteiger charge is -2.10. The second-order valence-corrected chi connectivity index (χ2v) is 5.89. The first-order valence-electron chi connectivity index (χ1n) is 5.19. The average Bonchev–Trinajstić information content (AvgIpc) is 2.30. The number of benzene rings is 2. The molecule has 2 rings (SSSR count). The van der Waals surface area contributed by atoms with Crippen molar-refractivity contribution in [1.82, 2.24) is 0 Å². The van der Waals surface area contributed by atoms with Gasteiger partial charge in [0.25, 0.3) is 0 Å². The van der Waals surface area contributed by atoms with Crippen LogP contribution in [0.2, 0.25) is 5.02 Å². The Morgan fingerprint density at radius 3 is 2.56 bits per heavy atom. The van der Waals surface area contributed by atoms with Crippen LogP contribution in [-0.4, -0.2) is 0 Å². The predicted octanol–water partition coefficient (Wildman–Crippen LogP) is 5.62. The number of hydrogen-bond acceptors (Lipinski definition) is 1. The van der Waals surface area contributed by atoms with Crippen LogP contribution in [0.5, 0.6) is 0 Å². The fourth-order valence-corrected chi connectivity index (χ4v) is 2.72. The molecule has 0 aliphatic carbocycles. The van der Waals surface area contributed by atoms with Gasteiger partial charge in [-0.2, -0.15) is 0 Å². The normalized spacial score (nSPS) is 10.4. The van der Waals surface area contributed by atoms with Crippen LogP contribution < -0.4 is 5.32 Å². The van der Waals surface area contributed by atoms with E-state index in [1.54, 1.807) is 6.07 Å². The van der Waals surface area contributed by atoms with Gasteiger partial charge in [-0.3, -0.25) is 0 Å². The van der Waals surface area contributed by atoms with Gasteiger partial charge in [-0.25, -0.2) is 4.39 Å². The fraction of sp³-hybridized carbons (Fsp3) is 0.0769. The van der Waals surface area contributed by atoms with Crippen LogP contribution in [0.1, 0.15) is 5.56 Å². The van der Waals surface area contributed by atoms with Gasteiger partial charge in [-0.05, 0) is 35.9 Å². The van der Waals surface area contributed by atoms with Gasteiger partial charge in [0.15, 0.2) is 0 Å². The number of anilines is 1. The lowest BCUT2D eigenvalue weighted by molar-refractivity contribution is 0.626. The first-order chi connectivity index (χ1) is 8.56. The van der Waals surface area contributed by atoms with Gasteiger partial charge in [-0.1, -0.05) is 49.5 Å². The largest absolute Gasteiger partial charge is 0.380 e. The molecule has 0 saturated heterocycles. The summed E-state index contributed by atoms with van der Waals surface area (Å²) in [6.45, 7) is 0.572. The molecule has 0 amide bonds. The van der Waals surface area contributed by atoms with E-state index < -0.39 is 0 Å². The van der Waals surface area contributed by atoms with Crippen LogP contribution in [-0.2, 0) is 6.54 Å². The van der Waals surface area contributed by atoms with E-state index >= 15 is 0 Å². The molecule has 0 radical (unpaired) electrons. The SMILES string of the molecule is Fc1ccc(CNc2ccc(Br)cc2Cl)c(Br)c1. The lowest BCUT2D eigenvalue weighted by atomic mass is 10.2. The van der Waals surface area contributed by atoms with E-state index in [-0.39, 0.29) is 5.82 Å². The summed E-state index contributed by atoms with van der Waals surface area (Å²) in [6.07, 6.45) is 0. The van der Waals surface area contributed by atoms with Crippen molar-refractivity contribution >= 4 is 49.1 Å². The van der Waals surface area contributed by atoms with Gasteiger partial charge >= 0.3 is 0 Å². The van der Waals surface area contributed by atoms with Crippen LogP contribution in [0.15, 0.2) is 45.3 Å². The van der Waals surface area contributed by atoms with E-state index in [0.29, 0.717) is 11.6 Å². The van der Waals surface area contributed by atoms with Crippen molar-refractivity contribution in [3.05, 3.63) is 61.7 Å². The van der Waals surface area contributed by atoms with E-state index in [0.717, 1.165) is 20.2 Å². The zero-order chi connectivity index (χ0) is 13.1. The van der Waals surface area contributed by atoms with Crippen LogP contribution >= 0.6 is 43.5 Å². The summed E-state index contributed by atoms with van der Waals surface area (Å²) in [6, 6.07) is 10.2. The van der Waals surface area contributed by atoms with E-state index in [2.05, 4.69) is 37.2 Å². The van der Waals surface area contributed by atoms with Crippen LogP contribution in [0, 0.1) is 5.82 Å². The quantitative estimate of drug-likeness (QED) is 0.714. The van der Waals surface area contributed by atoms with Gasteiger partial charge in [0.1, 0.15) is 5.82 Å². The molecule has 0 spiro atoms. The molecule has 0 aliphatic heterocycles. The van der Waals surface area contributed by atoms with Gasteiger partial charge in [0.2, 0.25) is 0 Å². The first-order valence-corrected chi connectivity index (χ1v) is 7.15. The van der Waals surface area contributed by atoms with E-state index in [4.69, 9.17) is 11.6 Å². The number of nitrogens with one attached hydrogen (secondary N) is 1. The molecule has 94 valence electrons. The summed E-state index contributed by atoms with van der Waals surface area (Å²) in [5.74, 6) is -0.257. The third-order valence-electron chi connectivity index (χ3n) is 2.42. The molecule has 0 fully saturated rings. The van der Waals surface area contributed by atoms with Crippen molar-refractivity contribution in [3.63, 3.8) is 0 Å². The molecule has 5 heteroatoms. The van der Waals surface area contributed by atoms with E-state index in [1.807, 2.05) is 18.2 Å². The van der Waals surface area contributed by atoms with Crippen molar-refractivity contribution in [2.24, 2.45) is 0 Å². The summed E-state index contributed by atoms with van der Waals surface area (Å²) in [5, 5.41) is 3.85. The highest BCUT2D eigenvalue weighted by atomic mass is 79.9. The molecule has 0 saturated carbocycles. The molecule has 1 nitrogen and oxygen atoms in total. The number of hydrogen-bond donors (Lipinski definition) is 1. The second-order valence-electron chi connectivity index (χ2n) is 3.71. The smallest absolute Gasteiger partial charge is 0.124 e. The Morgan fingerprint density at radius 1 is 1.11 bits per heavy atom. The fourth-order valence-electron chi connectivity index (χ4n) is 1.49. The predicted molar refractivity (Wildman–Crippen MR) is 80.6 cm³/mol. The summed E-state index contributed by atoms with van der Waals surface area (Å²) >= 11 is 12.8. The number of halogens is 4. The van der Waals surface area contributed by atoms with Crippen molar-refractivity contribution < 1.29 is 4.39 Å². The zero-order valence-electron chi connectivity index (χ0n) is 9.18. The highest BCUT2D eigenvalue weighted by Crippen LogP contribution is 2.27. The maximum absolute atomic E-state index is 12.9. The minimum absolute atomic E-state index is 0.257. The van der Waals surface area contributed by atoms with Crippen molar-refractivity contribution in [2.45, 2.75) is 6.54 Å². The standard InChI is InChI=1S/C13H9Br2ClFN/c14-9-2-4-13(12(16)5-9)18-7-8-1-3-10(17)6-11(8)15/h1-6,18H,7H2. The maximum atomic E-state index is 12.9. The van der Waals surface area contributed by atoms with E-state index in [1.165, 1.54) is 12.1 Å². The van der Waals surface area contributed by atoms with Gasteiger partial charge in [0.05, 0.1) is 10.7 Å². The number of rotatable bonds is 3. The molecule has 0 bridgehead atoms. The summed E-state index contributed by atoms with van der Waals surface area (Å²) < 4.78 is 14.6. The van der Waals surface area contributed by atoms with E-state index in [9.17, 15) is 4.39 Å². The summed E-state index contributed by atoms with van der Waals surface area (Å²) in [4.78, 5) is 0. The Labute approximate surface area is 127 Å². The molecule has 18 heavy (non-hydrogen) atoms. The zero-order valence-corrected chi connectivity index (χ0v) is 13.1. The molecule has 0 unspecified atom stereocenters. The molecule has 2 aromatic rings. The topological polar surface area (TPSA) is 12.0 Å². The van der Waals surface area contributed by atoms with Gasteiger partial charge in [-0.15, -0.1) is 0 Å². The second kappa shape index (κ2) is 6.04. The molecule has 0 heterocycles. The van der Waals surface area contributed by atoms with Crippen LogP contribution in [0.25, 0.3) is 0 Å². The Kier molecular flexibility index (Phi) is 4.65. The van der Waals surface area contributed by atoms with Crippen molar-refractivity contribution in [3.8, 4) is 0 Å². The highest BCUT2D eigenvalue weighted by molar-refractivity contribution is 9.10. The van der Waals surface area contributed by atoms with Crippen molar-refractivity contribution in [2.75, 3.05) is 5.32 Å². The minimum Gasteiger partial charge on any atom is -0.380 e. The summed E-state index contributed by atoms with van der Waals surface area (Å²) in [5.41, 5.74) is 1.81. The molecule has 0 aliphatic rings. The monoisotopic (exact) mass is 391 g/mol. The minimum atomic E-state index is -0.257. The van der Waals surface area contributed by atoms with Gasteiger partial charge < -0.3 is 5.32 Å².